The molecule has 0 fully saturated rings. The quantitative estimate of drug-likeness (QED) is 0.702. The van der Waals surface area contributed by atoms with E-state index in [0.717, 1.165) is 0 Å². The molecule has 0 aliphatic carbocycles. The molecule has 0 saturated carbocycles. The Morgan fingerprint density at radius 1 is 1.05 bits per heavy atom. The van der Waals surface area contributed by atoms with E-state index >= 15 is 0 Å². The number of sulfonamides is 1. The Morgan fingerprint density at radius 2 is 1.48 bits per heavy atom. The minimum atomic E-state index is -3.80. The smallest absolute Gasteiger partial charge is 0.325 e. The SMILES string of the molecule is COC(=O)CN(CC(=O)OC)c1ccc(S(N)(=O)=O)cc1. The Hall–Kier alpha value is -2.13. The van der Waals surface area contributed by atoms with Gasteiger partial charge < -0.3 is 14.4 Å². The van der Waals surface area contributed by atoms with Crippen molar-refractivity contribution in [3.63, 3.8) is 0 Å². The number of esters is 2. The number of nitrogens with zero attached hydrogens (tertiary/aromatic N) is 1. The minimum absolute atomic E-state index is 0.0673. The molecule has 0 radical (unpaired) electrons. The number of primary sulfonamides is 1. The Balaban J connectivity index is 3.02. The molecule has 0 amide bonds. The summed E-state index contributed by atoms with van der Waals surface area (Å²) in [6, 6.07) is 5.44. The molecule has 0 bridgehead atoms. The average molecular weight is 316 g/mol. The summed E-state index contributed by atoms with van der Waals surface area (Å²) in [4.78, 5) is 24.0. The largest absolute Gasteiger partial charge is 0.468 e. The molecule has 116 valence electrons. The van der Waals surface area contributed by atoms with E-state index in [9.17, 15) is 18.0 Å². The number of anilines is 1. The molecule has 0 aliphatic rings. The maximum Gasteiger partial charge on any atom is 0.325 e. The summed E-state index contributed by atoms with van der Waals surface area (Å²) in [6.07, 6.45) is 0. The van der Waals surface area contributed by atoms with Crippen molar-refractivity contribution in [3.05, 3.63) is 24.3 Å². The third kappa shape index (κ3) is 5.04. The van der Waals surface area contributed by atoms with Gasteiger partial charge in [0.1, 0.15) is 13.1 Å². The van der Waals surface area contributed by atoms with Crippen LogP contribution in [0.4, 0.5) is 5.69 Å². The molecule has 1 rings (SSSR count). The van der Waals surface area contributed by atoms with Crippen LogP contribution in [0.1, 0.15) is 0 Å². The van der Waals surface area contributed by atoms with Crippen molar-refractivity contribution in [2.45, 2.75) is 4.90 Å². The highest BCUT2D eigenvalue weighted by molar-refractivity contribution is 7.89. The van der Waals surface area contributed by atoms with Crippen LogP contribution in [0.2, 0.25) is 0 Å². The topological polar surface area (TPSA) is 116 Å². The van der Waals surface area contributed by atoms with Crippen molar-refractivity contribution in [2.24, 2.45) is 5.14 Å². The van der Waals surface area contributed by atoms with Crippen molar-refractivity contribution in [3.8, 4) is 0 Å². The zero-order chi connectivity index (χ0) is 16.0. The summed E-state index contributed by atoms with van der Waals surface area (Å²) in [5.41, 5.74) is 0.457. The molecule has 0 heterocycles. The average Bonchev–Trinajstić information content (AvgIpc) is 2.45. The van der Waals surface area contributed by atoms with E-state index in [1.54, 1.807) is 0 Å². The summed E-state index contributed by atoms with van der Waals surface area (Å²) in [7, 11) is -1.35. The van der Waals surface area contributed by atoms with Gasteiger partial charge in [-0.2, -0.15) is 0 Å². The Labute approximate surface area is 122 Å². The van der Waals surface area contributed by atoms with E-state index in [-0.39, 0.29) is 18.0 Å². The molecule has 8 nitrogen and oxygen atoms in total. The van der Waals surface area contributed by atoms with Crippen LogP contribution in [0.15, 0.2) is 29.2 Å². The number of benzene rings is 1. The summed E-state index contributed by atoms with van der Waals surface area (Å²) in [6.45, 7) is -0.360. The predicted octanol–water partition coefficient (Wildman–Crippen LogP) is -0.514. The molecule has 2 N–H and O–H groups in total. The first-order valence-corrected chi connectivity index (χ1v) is 7.34. The van der Waals surface area contributed by atoms with Crippen molar-refractivity contribution >= 4 is 27.6 Å². The second-order valence-electron chi connectivity index (χ2n) is 4.05. The van der Waals surface area contributed by atoms with Gasteiger partial charge in [0.25, 0.3) is 0 Å². The Kier molecular flexibility index (Phi) is 5.68. The highest BCUT2D eigenvalue weighted by Gasteiger charge is 2.17. The predicted molar refractivity (Wildman–Crippen MR) is 74.1 cm³/mol. The van der Waals surface area contributed by atoms with Crippen LogP contribution in [-0.2, 0) is 29.1 Å². The lowest BCUT2D eigenvalue weighted by Gasteiger charge is -2.22. The van der Waals surface area contributed by atoms with E-state index in [1.165, 1.54) is 43.4 Å². The van der Waals surface area contributed by atoms with Gasteiger partial charge in [-0.1, -0.05) is 0 Å². The van der Waals surface area contributed by atoms with Crippen molar-refractivity contribution in [1.82, 2.24) is 0 Å². The van der Waals surface area contributed by atoms with Crippen LogP contribution in [0.3, 0.4) is 0 Å². The van der Waals surface area contributed by atoms with E-state index < -0.39 is 22.0 Å². The highest BCUT2D eigenvalue weighted by Crippen LogP contribution is 2.17. The number of carbonyl (C=O) groups excluding carboxylic acids is 2. The highest BCUT2D eigenvalue weighted by atomic mass is 32.2. The van der Waals surface area contributed by atoms with Gasteiger partial charge >= 0.3 is 11.9 Å². The first-order valence-electron chi connectivity index (χ1n) is 5.79. The van der Waals surface area contributed by atoms with E-state index in [0.29, 0.717) is 5.69 Å². The molecule has 9 heteroatoms. The number of rotatable bonds is 6. The first-order chi connectivity index (χ1) is 9.77. The van der Waals surface area contributed by atoms with Gasteiger partial charge in [-0.3, -0.25) is 9.59 Å². The lowest BCUT2D eigenvalue weighted by atomic mass is 10.3. The molecule has 1 aromatic rings. The summed E-state index contributed by atoms with van der Waals surface area (Å²) >= 11 is 0. The number of methoxy groups -OCH3 is 2. The molecule has 21 heavy (non-hydrogen) atoms. The molecular formula is C12H16N2O6S. The molecule has 0 aliphatic heterocycles. The fourth-order valence-corrected chi connectivity index (χ4v) is 2.04. The van der Waals surface area contributed by atoms with Crippen LogP contribution in [0.25, 0.3) is 0 Å². The van der Waals surface area contributed by atoms with Crippen molar-refractivity contribution in [1.29, 1.82) is 0 Å². The van der Waals surface area contributed by atoms with Gasteiger partial charge in [-0.05, 0) is 24.3 Å². The van der Waals surface area contributed by atoms with Gasteiger partial charge in [0.05, 0.1) is 19.1 Å². The molecule has 0 aromatic heterocycles. The summed E-state index contributed by atoms with van der Waals surface area (Å²) in [5.74, 6) is -1.09. The van der Waals surface area contributed by atoms with Gasteiger partial charge in [0.15, 0.2) is 0 Å². The molecule has 1 aromatic carbocycles. The van der Waals surface area contributed by atoms with Crippen LogP contribution in [0, 0.1) is 0 Å². The molecule has 0 spiro atoms. The second-order valence-corrected chi connectivity index (χ2v) is 5.61. The number of hydrogen-bond acceptors (Lipinski definition) is 7. The van der Waals surface area contributed by atoms with E-state index in [1.807, 2.05) is 0 Å². The van der Waals surface area contributed by atoms with Crippen LogP contribution < -0.4 is 10.0 Å². The molecule has 0 atom stereocenters. The minimum Gasteiger partial charge on any atom is -0.468 e. The summed E-state index contributed by atoms with van der Waals surface area (Å²) in [5, 5.41) is 5.00. The van der Waals surface area contributed by atoms with Gasteiger partial charge in [-0.25, -0.2) is 13.6 Å². The Bertz CT molecular complexity index is 593. The maximum absolute atomic E-state index is 11.4. The number of carbonyl (C=O) groups is 2. The van der Waals surface area contributed by atoms with Gasteiger partial charge in [-0.15, -0.1) is 0 Å². The molecule has 0 unspecified atom stereocenters. The lowest BCUT2D eigenvalue weighted by Crippen LogP contribution is -2.35. The van der Waals surface area contributed by atoms with Crippen molar-refractivity contribution < 1.29 is 27.5 Å². The third-order valence-corrected chi connectivity index (χ3v) is 3.55. The van der Waals surface area contributed by atoms with Gasteiger partial charge in [0.2, 0.25) is 10.0 Å². The fourth-order valence-electron chi connectivity index (χ4n) is 1.53. The zero-order valence-electron chi connectivity index (χ0n) is 11.6. The third-order valence-electron chi connectivity index (χ3n) is 2.63. The number of hydrogen-bond donors (Lipinski definition) is 1. The normalized spacial score (nSPS) is 10.8. The second kappa shape index (κ2) is 7.04. The molecular weight excluding hydrogens is 300 g/mol. The monoisotopic (exact) mass is 316 g/mol. The fraction of sp³-hybridized carbons (Fsp3) is 0.333. The first kappa shape index (κ1) is 16.9. The van der Waals surface area contributed by atoms with Crippen LogP contribution in [-0.4, -0.2) is 47.7 Å². The van der Waals surface area contributed by atoms with Crippen molar-refractivity contribution in [2.75, 3.05) is 32.2 Å². The maximum atomic E-state index is 11.4. The van der Waals surface area contributed by atoms with Crippen LogP contribution >= 0.6 is 0 Å². The molecule has 0 saturated heterocycles. The van der Waals surface area contributed by atoms with Crippen LogP contribution in [0.5, 0.6) is 0 Å². The Morgan fingerprint density at radius 3 is 1.81 bits per heavy atom. The zero-order valence-corrected chi connectivity index (χ0v) is 12.4. The van der Waals surface area contributed by atoms with Gasteiger partial charge in [0, 0.05) is 5.69 Å². The lowest BCUT2D eigenvalue weighted by molar-refractivity contribution is -0.140. The summed E-state index contributed by atoms with van der Waals surface area (Å²) < 4.78 is 31.4. The number of nitrogens with two attached hydrogens (primary N) is 1. The van der Waals surface area contributed by atoms with E-state index in [2.05, 4.69) is 9.47 Å². The number of ether oxygens (including phenoxy) is 2. The standard InChI is InChI=1S/C12H16N2O6S/c1-19-11(15)7-14(8-12(16)20-2)9-3-5-10(6-4-9)21(13,17)18/h3-6H,7-8H2,1-2H3,(H2,13,17,18). The van der Waals surface area contributed by atoms with E-state index in [4.69, 9.17) is 5.14 Å².